The fraction of sp³-hybridized carbons (Fsp3) is 0.667. The van der Waals surface area contributed by atoms with Crippen LogP contribution >= 0.6 is 0 Å². The number of unbranched alkanes of at least 4 members (excludes halogenated alkanes) is 4. The second-order valence-corrected chi connectivity index (χ2v) is 9.99. The van der Waals surface area contributed by atoms with Gasteiger partial charge in [0.05, 0.1) is 16.8 Å². The molecule has 2 fully saturated rings. The van der Waals surface area contributed by atoms with E-state index in [4.69, 9.17) is 5.73 Å². The fourth-order valence-corrected chi connectivity index (χ4v) is 3.97. The van der Waals surface area contributed by atoms with Crippen molar-refractivity contribution in [2.24, 2.45) is 0 Å². The highest BCUT2D eigenvalue weighted by atomic mass is 16.6. The average molecular weight is 559 g/mol. The molecule has 0 spiro atoms. The van der Waals surface area contributed by atoms with Gasteiger partial charge in [-0.2, -0.15) is 0 Å². The van der Waals surface area contributed by atoms with E-state index in [-0.39, 0.29) is 5.69 Å². The third-order valence-electron chi connectivity index (χ3n) is 6.34. The fourth-order valence-electron chi connectivity index (χ4n) is 3.97. The number of hydrogen-bond acceptors (Lipinski definition) is 9. The monoisotopic (exact) mass is 558 g/mol. The quantitative estimate of drug-likeness (QED) is 0.121. The van der Waals surface area contributed by atoms with Gasteiger partial charge in [0.15, 0.2) is 0 Å². The zero-order chi connectivity index (χ0) is 29.1. The van der Waals surface area contributed by atoms with Gasteiger partial charge in [-0.3, -0.25) is 10.1 Å². The van der Waals surface area contributed by atoms with Crippen molar-refractivity contribution >= 4 is 23.0 Å². The molecule has 2 aliphatic heterocycles. The normalized spacial score (nSPS) is 14.2. The number of nitrogen functional groups attached to an aromatic ring is 1. The first-order chi connectivity index (χ1) is 19.6. The maximum absolute atomic E-state index is 10.6. The van der Waals surface area contributed by atoms with Crippen LogP contribution in [0.25, 0.3) is 0 Å². The first kappa shape index (κ1) is 35.0. The van der Waals surface area contributed by atoms with Gasteiger partial charge in [-0.25, -0.2) is 9.97 Å². The van der Waals surface area contributed by atoms with Crippen molar-refractivity contribution in [3.63, 3.8) is 0 Å². The topological polar surface area (TPSA) is 143 Å². The van der Waals surface area contributed by atoms with E-state index < -0.39 is 4.92 Å². The van der Waals surface area contributed by atoms with Gasteiger partial charge in [0.25, 0.3) is 0 Å². The first-order valence-electron chi connectivity index (χ1n) is 15.3. The van der Waals surface area contributed by atoms with Crippen LogP contribution in [0.3, 0.4) is 0 Å². The molecule has 2 aromatic heterocycles. The standard InChI is InChI=1S/C10H15N3O2.C10H17N3.2C5H11N/c1-2-3-4-7-11-10-9(13(14)15)6-5-8-12-10;1-2-3-4-7-12-10-6-5-9(11)8-13-10;2*1-2-4-6-5-3-1/h5-6,8H,2-4,7H2,1H3,(H,11,12);5-6,8H,2-4,7,11H2,1H3,(H,12,13);2*6H,1-5H2. The van der Waals surface area contributed by atoms with Crippen molar-refractivity contribution in [1.29, 1.82) is 0 Å². The van der Waals surface area contributed by atoms with E-state index in [9.17, 15) is 10.1 Å². The second-order valence-electron chi connectivity index (χ2n) is 9.99. The number of hydrogen-bond donors (Lipinski definition) is 5. The Bertz CT molecular complexity index is 824. The first-order valence-corrected chi connectivity index (χ1v) is 15.3. The summed E-state index contributed by atoms with van der Waals surface area (Å²) in [6.45, 7) is 11.0. The lowest BCUT2D eigenvalue weighted by atomic mass is 10.2. The molecule has 0 atom stereocenters. The third-order valence-corrected chi connectivity index (χ3v) is 6.34. The van der Waals surface area contributed by atoms with Gasteiger partial charge in [0, 0.05) is 25.4 Å². The van der Waals surface area contributed by atoms with E-state index >= 15 is 0 Å². The van der Waals surface area contributed by atoms with E-state index in [0.29, 0.717) is 11.5 Å². The lowest BCUT2D eigenvalue weighted by molar-refractivity contribution is -0.384. The highest BCUT2D eigenvalue weighted by molar-refractivity contribution is 5.54. The molecular formula is C30H54N8O2. The van der Waals surface area contributed by atoms with E-state index in [1.807, 2.05) is 12.1 Å². The molecular weight excluding hydrogens is 504 g/mol. The Labute approximate surface area is 241 Å². The number of aromatic nitrogens is 2. The Morgan fingerprint density at radius 2 is 1.40 bits per heavy atom. The van der Waals surface area contributed by atoms with Crippen molar-refractivity contribution in [3.05, 3.63) is 46.8 Å². The molecule has 0 aliphatic carbocycles. The van der Waals surface area contributed by atoms with E-state index in [0.717, 1.165) is 38.2 Å². The van der Waals surface area contributed by atoms with Crippen LogP contribution < -0.4 is 27.0 Å². The molecule has 0 saturated carbocycles. The number of nitrogens with two attached hydrogens (primary N) is 1. The summed E-state index contributed by atoms with van der Waals surface area (Å²) in [5.74, 6) is 1.27. The van der Waals surface area contributed by atoms with E-state index in [1.54, 1.807) is 18.5 Å². The van der Waals surface area contributed by atoms with Crippen LogP contribution in [0.1, 0.15) is 90.9 Å². The van der Waals surface area contributed by atoms with Crippen LogP contribution in [-0.4, -0.2) is 54.2 Å². The third kappa shape index (κ3) is 19.1. The van der Waals surface area contributed by atoms with E-state index in [2.05, 4.69) is 45.1 Å². The van der Waals surface area contributed by atoms with Gasteiger partial charge < -0.3 is 27.0 Å². The van der Waals surface area contributed by atoms with Gasteiger partial charge in [-0.05, 0) is 82.9 Å². The number of nitro groups is 1. The van der Waals surface area contributed by atoms with Gasteiger partial charge in [0.1, 0.15) is 5.82 Å². The minimum absolute atomic E-state index is 0.0361. The Hall–Kier alpha value is -2.98. The summed E-state index contributed by atoms with van der Waals surface area (Å²) in [7, 11) is 0. The number of anilines is 3. The number of rotatable bonds is 11. The lowest BCUT2D eigenvalue weighted by Crippen LogP contribution is -2.21. The SMILES string of the molecule is C1CCNCC1.C1CCNCC1.CCCCCNc1ccc(N)cn1.CCCCCNc1ncccc1[N+](=O)[O-]. The summed E-state index contributed by atoms with van der Waals surface area (Å²) >= 11 is 0. The predicted molar refractivity (Wildman–Crippen MR) is 169 cm³/mol. The minimum Gasteiger partial charge on any atom is -0.397 e. The molecule has 10 nitrogen and oxygen atoms in total. The Morgan fingerprint density at radius 1 is 0.825 bits per heavy atom. The highest BCUT2D eigenvalue weighted by Gasteiger charge is 2.12. The molecule has 2 aliphatic rings. The van der Waals surface area contributed by atoms with Gasteiger partial charge in [-0.1, -0.05) is 52.4 Å². The maximum atomic E-state index is 10.6. The molecule has 0 bridgehead atoms. The van der Waals surface area contributed by atoms with Crippen LogP contribution in [0.5, 0.6) is 0 Å². The molecule has 226 valence electrons. The van der Waals surface area contributed by atoms with Crippen molar-refractivity contribution < 1.29 is 4.92 Å². The van der Waals surface area contributed by atoms with Crippen molar-refractivity contribution in [2.75, 3.05) is 55.6 Å². The van der Waals surface area contributed by atoms with Crippen molar-refractivity contribution in [1.82, 2.24) is 20.6 Å². The number of pyridine rings is 2. The predicted octanol–water partition coefficient (Wildman–Crippen LogP) is 6.38. The molecule has 40 heavy (non-hydrogen) atoms. The van der Waals surface area contributed by atoms with Gasteiger partial charge >= 0.3 is 5.69 Å². The molecule has 0 aromatic carbocycles. The molecule has 10 heteroatoms. The number of nitrogens with one attached hydrogen (secondary N) is 4. The second kappa shape index (κ2) is 25.0. The lowest BCUT2D eigenvalue weighted by Gasteiger charge is -2.08. The zero-order valence-corrected chi connectivity index (χ0v) is 24.9. The maximum Gasteiger partial charge on any atom is 0.311 e. The largest absolute Gasteiger partial charge is 0.397 e. The molecule has 4 heterocycles. The van der Waals surface area contributed by atoms with Crippen molar-refractivity contribution in [3.8, 4) is 0 Å². The summed E-state index contributed by atoms with van der Waals surface area (Å²) < 4.78 is 0. The molecule has 0 amide bonds. The number of piperidine rings is 2. The van der Waals surface area contributed by atoms with Crippen LogP contribution in [0.4, 0.5) is 23.0 Å². The summed E-state index contributed by atoms with van der Waals surface area (Å²) in [6.07, 6.45) is 18.6. The minimum atomic E-state index is -0.421. The smallest absolute Gasteiger partial charge is 0.311 e. The van der Waals surface area contributed by atoms with Crippen molar-refractivity contribution in [2.45, 2.75) is 90.9 Å². The Kier molecular flexibility index (Phi) is 21.9. The van der Waals surface area contributed by atoms with Crippen LogP contribution in [0, 0.1) is 10.1 Å². The Morgan fingerprint density at radius 3 is 1.82 bits per heavy atom. The summed E-state index contributed by atoms with van der Waals surface area (Å²) in [4.78, 5) is 18.3. The molecule has 0 radical (unpaired) electrons. The molecule has 6 N–H and O–H groups in total. The molecule has 2 saturated heterocycles. The zero-order valence-electron chi connectivity index (χ0n) is 24.9. The summed E-state index contributed by atoms with van der Waals surface area (Å²) in [6, 6.07) is 6.78. The highest BCUT2D eigenvalue weighted by Crippen LogP contribution is 2.20. The molecule has 0 unspecified atom stereocenters. The molecule has 4 rings (SSSR count). The van der Waals surface area contributed by atoms with Crippen LogP contribution in [0.15, 0.2) is 36.7 Å². The summed E-state index contributed by atoms with van der Waals surface area (Å²) in [5, 5.41) is 23.4. The van der Waals surface area contributed by atoms with Crippen LogP contribution in [-0.2, 0) is 0 Å². The number of nitrogens with zero attached hydrogens (tertiary/aromatic N) is 3. The average Bonchev–Trinajstić information content (AvgIpc) is 3.01. The van der Waals surface area contributed by atoms with Gasteiger partial charge in [0.2, 0.25) is 5.82 Å². The van der Waals surface area contributed by atoms with E-state index in [1.165, 1.54) is 90.0 Å². The van der Waals surface area contributed by atoms with Crippen LogP contribution in [0.2, 0.25) is 0 Å². The Balaban J connectivity index is 0.000000287. The molecule has 2 aromatic rings. The summed E-state index contributed by atoms with van der Waals surface area (Å²) in [5.41, 5.74) is 6.26. The van der Waals surface area contributed by atoms with Gasteiger partial charge in [-0.15, -0.1) is 0 Å².